The first-order valence-electron chi connectivity index (χ1n) is 24.4. The van der Waals surface area contributed by atoms with Crippen LogP contribution in [0.25, 0.3) is 11.2 Å². The van der Waals surface area contributed by atoms with Crippen molar-refractivity contribution in [2.75, 3.05) is 32.0 Å². The molecular formula is C46H68N7O14PS. The molecule has 3 aromatic rings. The Hall–Kier alpha value is -3.28. The van der Waals surface area contributed by atoms with E-state index in [-0.39, 0.29) is 41.5 Å². The highest BCUT2D eigenvalue weighted by Gasteiger charge is 2.64. The minimum Gasteiger partial charge on any atom is -0.454 e. The van der Waals surface area contributed by atoms with Gasteiger partial charge in [0, 0.05) is 43.6 Å². The summed E-state index contributed by atoms with van der Waals surface area (Å²) in [4.78, 5) is 52.6. The van der Waals surface area contributed by atoms with E-state index in [0.29, 0.717) is 58.6 Å². The zero-order valence-corrected chi connectivity index (χ0v) is 41.3. The Balaban J connectivity index is 0.830. The topological polar surface area (TPSA) is 295 Å². The number of aromatic amines is 1. The van der Waals surface area contributed by atoms with Crippen LogP contribution in [0.3, 0.4) is 0 Å². The fourth-order valence-electron chi connectivity index (χ4n) is 13.8. The number of aliphatic hydroxyl groups excluding tert-OH is 4. The van der Waals surface area contributed by atoms with Crippen molar-refractivity contribution in [2.24, 2.45) is 46.3 Å². The molecule has 18 atom stereocenters. The molecule has 3 aromatic heterocycles. The molecule has 9 rings (SSSR count). The van der Waals surface area contributed by atoms with Crippen LogP contribution in [-0.4, -0.2) is 124 Å². The molecule has 2 aliphatic heterocycles. The average molecular weight is 1010 g/mol. The highest BCUT2D eigenvalue weighted by atomic mass is 32.7. The molecule has 5 heterocycles. The Kier molecular flexibility index (Phi) is 14.9. The van der Waals surface area contributed by atoms with Crippen LogP contribution in [0.5, 0.6) is 0 Å². The van der Waals surface area contributed by atoms with Crippen molar-refractivity contribution >= 4 is 41.1 Å². The number of anilines is 1. The van der Waals surface area contributed by atoms with Crippen molar-refractivity contribution in [3.8, 4) is 0 Å². The Morgan fingerprint density at radius 1 is 1.03 bits per heavy atom. The lowest BCUT2D eigenvalue weighted by Crippen LogP contribution is -2.58. The van der Waals surface area contributed by atoms with Crippen LogP contribution in [0.15, 0.2) is 34.5 Å². The molecule has 0 bridgehead atoms. The van der Waals surface area contributed by atoms with Gasteiger partial charge in [-0.3, -0.25) is 32.8 Å². The van der Waals surface area contributed by atoms with Gasteiger partial charge in [-0.15, -0.1) is 0 Å². The number of nitrogens with two attached hydrogens (primary N) is 1. The Labute approximate surface area is 403 Å². The van der Waals surface area contributed by atoms with Gasteiger partial charge >= 0.3 is 18.5 Å². The van der Waals surface area contributed by atoms with Crippen LogP contribution < -0.4 is 17.0 Å². The number of aliphatic hydroxyl groups is 4. The molecule has 7 N–H and O–H groups in total. The Bertz CT molecular complexity index is 2480. The van der Waals surface area contributed by atoms with E-state index in [1.165, 1.54) is 26.0 Å². The SMILES string of the molecule is CO[C@H]1C(OP(=O)(OC[C@H]2O[C@@H](n3cnc4c(N)ncnc43)CC2O)SCOC(=O)CCCC(C)C2CCC3C4CCC5CC(O)CCC5(C)C4CC(O)C23C)[C@@H](CO)O[C@H]1n1ccc(=O)[nH]c1=O. The largest absolute Gasteiger partial charge is 0.454 e. The predicted octanol–water partition coefficient (Wildman–Crippen LogP) is 4.05. The number of aromatic nitrogens is 6. The van der Waals surface area contributed by atoms with Crippen molar-refractivity contribution in [1.29, 1.82) is 0 Å². The first-order chi connectivity index (χ1) is 33.0. The number of methoxy groups -OCH3 is 1. The predicted molar refractivity (Wildman–Crippen MR) is 250 cm³/mol. The maximum atomic E-state index is 14.8. The van der Waals surface area contributed by atoms with Gasteiger partial charge in [-0.1, -0.05) is 20.8 Å². The summed E-state index contributed by atoms with van der Waals surface area (Å²) in [5, 5.41) is 44.0. The Morgan fingerprint density at radius 3 is 2.61 bits per heavy atom. The van der Waals surface area contributed by atoms with Gasteiger partial charge in [0.25, 0.3) is 5.56 Å². The molecular weight excluding hydrogens is 938 g/mol. The van der Waals surface area contributed by atoms with E-state index < -0.39 is 92.2 Å². The second-order valence-corrected chi connectivity index (χ2v) is 24.8. The number of imidazole rings is 1. The van der Waals surface area contributed by atoms with Crippen molar-refractivity contribution in [2.45, 2.75) is 153 Å². The van der Waals surface area contributed by atoms with Gasteiger partial charge in [0.05, 0.1) is 37.9 Å². The number of carbonyl (C=O) groups is 1. The van der Waals surface area contributed by atoms with Crippen molar-refractivity contribution in [3.63, 3.8) is 0 Å². The molecule has 0 radical (unpaired) electrons. The zero-order valence-electron chi connectivity index (χ0n) is 39.6. The van der Waals surface area contributed by atoms with Crippen molar-refractivity contribution in [1.82, 2.24) is 29.1 Å². The van der Waals surface area contributed by atoms with Crippen molar-refractivity contribution in [3.05, 3.63) is 45.8 Å². The van der Waals surface area contributed by atoms with Crippen LogP contribution >= 0.6 is 18.2 Å². The van der Waals surface area contributed by atoms with Gasteiger partial charge in [0.2, 0.25) is 0 Å². The zero-order chi connectivity index (χ0) is 49.0. The minimum absolute atomic E-state index is 0.0940. The summed E-state index contributed by atoms with van der Waals surface area (Å²) in [6.45, 7) is 1.44. The van der Waals surface area contributed by atoms with E-state index in [0.717, 1.165) is 68.4 Å². The van der Waals surface area contributed by atoms with Gasteiger partial charge in [0.1, 0.15) is 48.4 Å². The number of esters is 1. The summed E-state index contributed by atoms with van der Waals surface area (Å²) in [6.07, 6.45) is 5.11. The number of rotatable bonds is 17. The molecule has 0 spiro atoms. The van der Waals surface area contributed by atoms with Crippen molar-refractivity contribution < 1.29 is 57.8 Å². The maximum absolute atomic E-state index is 14.8. The third-order valence-corrected chi connectivity index (χ3v) is 20.7. The van der Waals surface area contributed by atoms with Crippen LogP contribution in [-0.2, 0) is 37.4 Å². The molecule has 2 saturated heterocycles. The summed E-state index contributed by atoms with van der Waals surface area (Å²) in [6, 6.07) is 1.11. The van der Waals surface area contributed by atoms with Gasteiger partial charge in [0.15, 0.2) is 17.7 Å². The maximum Gasteiger partial charge on any atom is 0.392 e. The minimum atomic E-state index is -4.44. The van der Waals surface area contributed by atoms with Gasteiger partial charge in [-0.2, -0.15) is 0 Å². The number of H-pyrrole nitrogens is 1. The first-order valence-corrected chi connectivity index (χ1v) is 27.6. The molecule has 21 nitrogen and oxygen atoms in total. The molecule has 23 heteroatoms. The van der Waals surface area contributed by atoms with Crippen LogP contribution in [0.2, 0.25) is 0 Å². The lowest BCUT2D eigenvalue weighted by Gasteiger charge is -2.62. The standard InChI is InChI=1S/C46H68N7O14PS/c1-24(28-10-11-29-27-9-8-25-16-26(55)12-14-45(25,2)30(27)17-34(57)46(28,29)3)6-5-7-37(59)63-23-69-68(61,67-39-32(19-54)66-43(40(39)62-4)52-15-13-35(58)51-44(52)60)64-20-33-31(56)18-36(65-33)53-22-50-38-41(47)48-21-49-42(38)53/h13,15,21-22,24-34,36,39-40,43,54-57H,5-12,14,16-20,23H2,1-4H3,(H2,47,48,49)(H,51,58,60)/t24?,25?,26?,27?,28?,29?,30?,31?,32-,33-,34?,36-,39?,40+,43-,45?,46?,68?/m1/s1. The van der Waals surface area contributed by atoms with Crippen LogP contribution in [0, 0.1) is 46.3 Å². The van der Waals surface area contributed by atoms with E-state index in [9.17, 15) is 39.4 Å². The number of fused-ring (bicyclic) bond motifs is 6. The summed E-state index contributed by atoms with van der Waals surface area (Å²) >= 11 is 0.577. The fraction of sp³-hybridized carbons (Fsp3) is 0.783. The highest BCUT2D eigenvalue weighted by molar-refractivity contribution is 8.55. The monoisotopic (exact) mass is 1010 g/mol. The molecule has 69 heavy (non-hydrogen) atoms. The quantitative estimate of drug-likeness (QED) is 0.0631. The normalized spacial score (nSPS) is 38.8. The average Bonchev–Trinajstić information content (AvgIpc) is 4.09. The molecule has 0 amide bonds. The van der Waals surface area contributed by atoms with Crippen LogP contribution in [0.4, 0.5) is 5.82 Å². The van der Waals surface area contributed by atoms with E-state index in [2.05, 4.69) is 40.7 Å². The van der Waals surface area contributed by atoms with Gasteiger partial charge < -0.3 is 45.1 Å². The number of nitrogens with zero attached hydrogens (tertiary/aromatic N) is 5. The second kappa shape index (κ2) is 20.3. The third-order valence-electron chi connectivity index (χ3n) is 17.4. The van der Waals surface area contributed by atoms with E-state index in [1.54, 1.807) is 4.57 Å². The lowest BCUT2D eigenvalue weighted by molar-refractivity contribution is -0.175. The third kappa shape index (κ3) is 9.62. The van der Waals surface area contributed by atoms with Gasteiger partial charge in [-0.25, -0.2) is 24.3 Å². The molecule has 4 saturated carbocycles. The highest BCUT2D eigenvalue weighted by Crippen LogP contribution is 2.69. The summed E-state index contributed by atoms with van der Waals surface area (Å²) in [5.74, 6) is 1.80. The fourth-order valence-corrected chi connectivity index (χ4v) is 16.6. The number of nitrogen functional groups attached to an aromatic ring is 1. The second-order valence-electron chi connectivity index (χ2n) is 20.8. The number of carbonyl (C=O) groups excluding carboxylic acids is 1. The summed E-state index contributed by atoms with van der Waals surface area (Å²) < 4.78 is 53.0. The molecule has 382 valence electrons. The summed E-state index contributed by atoms with van der Waals surface area (Å²) in [7, 11) is 1.31. The molecule has 4 aliphatic carbocycles. The number of ether oxygens (including phenoxy) is 4. The number of hydrogen-bond acceptors (Lipinski definition) is 19. The summed E-state index contributed by atoms with van der Waals surface area (Å²) in [5.41, 5.74) is 5.21. The first kappa shape index (κ1) is 50.7. The number of nitrogens with one attached hydrogen (secondary N) is 1. The molecule has 6 fully saturated rings. The van der Waals surface area contributed by atoms with E-state index >= 15 is 0 Å². The molecule has 13 unspecified atom stereocenters. The van der Waals surface area contributed by atoms with Crippen LogP contribution in [0.1, 0.15) is 110 Å². The number of hydrogen-bond donors (Lipinski definition) is 6. The van der Waals surface area contributed by atoms with E-state index in [4.69, 9.17) is 33.7 Å². The molecule has 6 aliphatic rings. The smallest absolute Gasteiger partial charge is 0.392 e. The van der Waals surface area contributed by atoms with E-state index in [1.807, 2.05) is 0 Å². The molecule has 0 aromatic carbocycles. The van der Waals surface area contributed by atoms with Gasteiger partial charge in [-0.05, 0) is 111 Å². The lowest BCUT2D eigenvalue weighted by atomic mass is 9.43. The Morgan fingerprint density at radius 2 is 1.84 bits per heavy atom.